The number of carbonyl (C=O) groups excluding carboxylic acids is 1. The Hall–Kier alpha value is -2.69. The van der Waals surface area contributed by atoms with Crippen LogP contribution in [0, 0.1) is 0 Å². The van der Waals surface area contributed by atoms with E-state index < -0.39 is 0 Å². The van der Waals surface area contributed by atoms with E-state index in [-0.39, 0.29) is 5.78 Å². The Morgan fingerprint density at radius 1 is 0.840 bits per heavy atom. The van der Waals surface area contributed by atoms with Gasteiger partial charge in [0.1, 0.15) is 0 Å². The lowest BCUT2D eigenvalue weighted by Crippen LogP contribution is -2.20. The van der Waals surface area contributed by atoms with E-state index >= 15 is 0 Å². The first-order chi connectivity index (χ1) is 12.1. The Bertz CT molecular complexity index is 912. The van der Waals surface area contributed by atoms with E-state index in [1.54, 1.807) is 30.3 Å². The molecule has 0 saturated heterocycles. The number of para-hydroxylation sites is 1. The highest BCUT2D eigenvalue weighted by Gasteiger charge is 2.13. The van der Waals surface area contributed by atoms with Gasteiger partial charge in [0.05, 0.1) is 5.69 Å². The Kier molecular flexibility index (Phi) is 5.43. The van der Waals surface area contributed by atoms with Gasteiger partial charge in [-0.15, -0.1) is 0 Å². The quantitative estimate of drug-likeness (QED) is 0.480. The molecular weight excluding hydrogens is 352 g/mol. The van der Waals surface area contributed by atoms with Gasteiger partial charge in [-0.05, 0) is 42.5 Å². The number of benzene rings is 3. The molecule has 0 atom stereocenters. The molecule has 0 heterocycles. The molecule has 0 amide bonds. The molecule has 0 radical (unpaired) electrons. The summed E-state index contributed by atoms with van der Waals surface area (Å²) < 4.78 is 0. The number of halogens is 1. The number of anilines is 2. The summed E-state index contributed by atoms with van der Waals surface area (Å²) in [5.74, 6) is -0.0609. The van der Waals surface area contributed by atoms with E-state index in [0.717, 1.165) is 5.69 Å². The summed E-state index contributed by atoms with van der Waals surface area (Å²) in [6, 6.07) is 23.7. The Morgan fingerprint density at radius 3 is 2.32 bits per heavy atom. The van der Waals surface area contributed by atoms with Crippen LogP contribution >= 0.6 is 23.8 Å². The second-order valence-corrected chi connectivity index (χ2v) is 6.17. The minimum absolute atomic E-state index is 0.0609. The fourth-order valence-electron chi connectivity index (χ4n) is 2.39. The number of nitrogens with one attached hydrogen (secondary N) is 2. The normalized spacial score (nSPS) is 10.1. The molecule has 3 rings (SSSR count). The van der Waals surface area contributed by atoms with Crippen LogP contribution in [-0.4, -0.2) is 10.9 Å². The van der Waals surface area contributed by atoms with Crippen LogP contribution in [-0.2, 0) is 0 Å². The molecule has 0 aliphatic rings. The summed E-state index contributed by atoms with van der Waals surface area (Å²) in [6.45, 7) is 0. The maximum Gasteiger partial charge on any atom is 0.195 e. The first-order valence-corrected chi connectivity index (χ1v) is 8.44. The smallest absolute Gasteiger partial charge is 0.195 e. The summed E-state index contributed by atoms with van der Waals surface area (Å²) in [6.07, 6.45) is 0. The molecule has 2 N–H and O–H groups in total. The number of hydrogen-bond acceptors (Lipinski definition) is 2. The molecule has 0 aliphatic heterocycles. The van der Waals surface area contributed by atoms with E-state index in [0.29, 0.717) is 26.9 Å². The van der Waals surface area contributed by atoms with Gasteiger partial charge in [0, 0.05) is 21.8 Å². The summed E-state index contributed by atoms with van der Waals surface area (Å²) in [7, 11) is 0. The summed E-state index contributed by atoms with van der Waals surface area (Å²) in [5.41, 5.74) is 2.61. The van der Waals surface area contributed by atoms with Gasteiger partial charge in [0.2, 0.25) is 0 Å². The highest BCUT2D eigenvalue weighted by Crippen LogP contribution is 2.20. The van der Waals surface area contributed by atoms with Crippen molar-refractivity contribution in [2.45, 2.75) is 0 Å². The second kappa shape index (κ2) is 7.92. The zero-order chi connectivity index (χ0) is 17.6. The summed E-state index contributed by atoms with van der Waals surface area (Å²) in [4.78, 5) is 12.7. The lowest BCUT2D eigenvalue weighted by atomic mass is 10.0. The van der Waals surface area contributed by atoms with Crippen LogP contribution in [0.25, 0.3) is 0 Å². The molecule has 5 heteroatoms. The lowest BCUT2D eigenvalue weighted by Gasteiger charge is -2.14. The largest absolute Gasteiger partial charge is 0.332 e. The van der Waals surface area contributed by atoms with Crippen molar-refractivity contribution in [1.82, 2.24) is 0 Å². The fourth-order valence-corrected chi connectivity index (χ4v) is 2.80. The molecule has 0 aromatic heterocycles. The molecule has 3 aromatic rings. The minimum Gasteiger partial charge on any atom is -0.332 e. The van der Waals surface area contributed by atoms with Crippen molar-refractivity contribution in [3.63, 3.8) is 0 Å². The van der Waals surface area contributed by atoms with Crippen molar-refractivity contribution < 1.29 is 4.79 Å². The average molecular weight is 367 g/mol. The summed E-state index contributed by atoms with van der Waals surface area (Å²) in [5, 5.41) is 7.15. The number of thiocarbonyl (C=S) groups is 1. The van der Waals surface area contributed by atoms with Crippen LogP contribution in [0.3, 0.4) is 0 Å². The number of carbonyl (C=O) groups is 1. The fraction of sp³-hybridized carbons (Fsp3) is 0. The molecule has 0 fully saturated rings. The highest BCUT2D eigenvalue weighted by molar-refractivity contribution is 7.80. The van der Waals surface area contributed by atoms with E-state index in [9.17, 15) is 4.79 Å². The molecule has 3 aromatic carbocycles. The van der Waals surface area contributed by atoms with Gasteiger partial charge in [-0.1, -0.05) is 60.1 Å². The van der Waals surface area contributed by atoms with Crippen molar-refractivity contribution in [3.8, 4) is 0 Å². The predicted octanol–water partition coefficient (Wildman–Crippen LogP) is 5.38. The Labute approximate surface area is 156 Å². The van der Waals surface area contributed by atoms with E-state index in [1.807, 2.05) is 48.5 Å². The monoisotopic (exact) mass is 366 g/mol. The van der Waals surface area contributed by atoms with Gasteiger partial charge < -0.3 is 10.6 Å². The third-order valence-corrected chi connectivity index (χ3v) is 3.98. The van der Waals surface area contributed by atoms with Gasteiger partial charge in [0.15, 0.2) is 10.9 Å². The molecule has 0 bridgehead atoms. The zero-order valence-corrected chi connectivity index (χ0v) is 14.8. The molecule has 3 nitrogen and oxygen atoms in total. The topological polar surface area (TPSA) is 41.1 Å². The van der Waals surface area contributed by atoms with Crippen LogP contribution in [0.4, 0.5) is 11.4 Å². The standard InChI is InChI=1S/C20H15ClN2OS/c21-15-9-6-10-16(13-15)22-20(25)23-18-12-5-4-11-17(18)19(24)14-7-2-1-3-8-14/h1-13H,(H2,22,23,25). The molecule has 0 unspecified atom stereocenters. The summed E-state index contributed by atoms with van der Waals surface area (Å²) >= 11 is 11.3. The predicted molar refractivity (Wildman–Crippen MR) is 108 cm³/mol. The van der Waals surface area contributed by atoms with Crippen LogP contribution < -0.4 is 10.6 Å². The van der Waals surface area contributed by atoms with Crippen molar-refractivity contribution >= 4 is 46.1 Å². The van der Waals surface area contributed by atoms with Crippen LogP contribution in [0.15, 0.2) is 78.9 Å². The molecule has 0 saturated carbocycles. The van der Waals surface area contributed by atoms with E-state index in [1.165, 1.54) is 0 Å². The molecule has 25 heavy (non-hydrogen) atoms. The number of hydrogen-bond donors (Lipinski definition) is 2. The lowest BCUT2D eigenvalue weighted by molar-refractivity contribution is 0.103. The van der Waals surface area contributed by atoms with Crippen LogP contribution in [0.2, 0.25) is 5.02 Å². The first kappa shape index (κ1) is 17.1. The third-order valence-electron chi connectivity index (χ3n) is 3.54. The Morgan fingerprint density at radius 2 is 1.56 bits per heavy atom. The maximum absolute atomic E-state index is 12.7. The van der Waals surface area contributed by atoms with Crippen molar-refractivity contribution in [1.29, 1.82) is 0 Å². The Balaban J connectivity index is 1.79. The van der Waals surface area contributed by atoms with Crippen LogP contribution in [0.5, 0.6) is 0 Å². The zero-order valence-electron chi connectivity index (χ0n) is 13.2. The number of rotatable bonds is 4. The highest BCUT2D eigenvalue weighted by atomic mass is 35.5. The maximum atomic E-state index is 12.7. The van der Waals surface area contributed by atoms with Gasteiger partial charge >= 0.3 is 0 Å². The van der Waals surface area contributed by atoms with E-state index in [2.05, 4.69) is 10.6 Å². The SMILES string of the molecule is O=C(c1ccccc1)c1ccccc1NC(=S)Nc1cccc(Cl)c1. The average Bonchev–Trinajstić information content (AvgIpc) is 2.62. The molecular formula is C20H15ClN2OS. The third kappa shape index (κ3) is 4.44. The van der Waals surface area contributed by atoms with Gasteiger partial charge in [-0.25, -0.2) is 0 Å². The second-order valence-electron chi connectivity index (χ2n) is 5.33. The molecule has 0 aliphatic carbocycles. The number of ketones is 1. The van der Waals surface area contributed by atoms with Gasteiger partial charge in [-0.3, -0.25) is 4.79 Å². The van der Waals surface area contributed by atoms with Crippen molar-refractivity contribution in [3.05, 3.63) is 95.0 Å². The van der Waals surface area contributed by atoms with Gasteiger partial charge in [-0.2, -0.15) is 0 Å². The van der Waals surface area contributed by atoms with E-state index in [4.69, 9.17) is 23.8 Å². The van der Waals surface area contributed by atoms with Gasteiger partial charge in [0.25, 0.3) is 0 Å². The minimum atomic E-state index is -0.0609. The molecule has 0 spiro atoms. The first-order valence-electron chi connectivity index (χ1n) is 7.66. The van der Waals surface area contributed by atoms with Crippen molar-refractivity contribution in [2.75, 3.05) is 10.6 Å². The molecule has 124 valence electrons. The van der Waals surface area contributed by atoms with Crippen molar-refractivity contribution in [2.24, 2.45) is 0 Å². The van der Waals surface area contributed by atoms with Crippen LogP contribution in [0.1, 0.15) is 15.9 Å².